The molecule has 2 N–H and O–H groups in total. The molecule has 2 aromatic rings. The van der Waals surface area contributed by atoms with E-state index < -0.39 is 11.9 Å². The molecular weight excluding hydrogens is 308 g/mol. The number of amides is 3. The number of hydrogen-bond donors (Lipinski definition) is 2. The van der Waals surface area contributed by atoms with Gasteiger partial charge in [-0.15, -0.1) is 0 Å². The number of hydrogen-bond acceptors (Lipinski definition) is 4. The van der Waals surface area contributed by atoms with Gasteiger partial charge in [0.2, 0.25) is 5.91 Å². The Bertz CT molecular complexity index is 813. The quantitative estimate of drug-likeness (QED) is 0.883. The van der Waals surface area contributed by atoms with E-state index in [2.05, 4.69) is 15.6 Å². The zero-order valence-corrected chi connectivity index (χ0v) is 12.3. The maximum atomic E-state index is 12.3. The number of fused-ring (bicyclic) bond motifs is 1. The molecule has 3 amide bonds. The molecule has 1 aliphatic carbocycles. The molecule has 0 radical (unpaired) electrons. The molecule has 1 aliphatic rings. The average Bonchev–Trinajstić information content (AvgIpc) is 3.26. The van der Waals surface area contributed by atoms with Crippen LogP contribution in [0.5, 0.6) is 0 Å². The summed E-state index contributed by atoms with van der Waals surface area (Å²) in [6, 6.07) is 4.38. The van der Waals surface area contributed by atoms with Crippen LogP contribution in [-0.4, -0.2) is 27.5 Å². The summed E-state index contributed by atoms with van der Waals surface area (Å²) < 4.78 is 1.14. The Morgan fingerprint density at radius 1 is 1.36 bits per heavy atom. The summed E-state index contributed by atoms with van der Waals surface area (Å²) >= 11 is 5.86. The Kier molecular flexibility index (Phi) is 3.81. The molecule has 7 nitrogen and oxygen atoms in total. The minimum atomic E-state index is -0.580. The van der Waals surface area contributed by atoms with Gasteiger partial charge in [0.25, 0.3) is 5.56 Å². The highest BCUT2D eigenvalue weighted by molar-refractivity contribution is 6.31. The smallest absolute Gasteiger partial charge is 0.321 e. The van der Waals surface area contributed by atoms with Gasteiger partial charge in [-0.05, 0) is 31.0 Å². The first-order chi connectivity index (χ1) is 10.5. The lowest BCUT2D eigenvalue weighted by Gasteiger charge is -2.08. The molecular formula is C14H13ClN4O3. The van der Waals surface area contributed by atoms with Crippen molar-refractivity contribution in [1.29, 1.82) is 0 Å². The zero-order valence-electron chi connectivity index (χ0n) is 11.5. The molecule has 1 saturated carbocycles. The lowest BCUT2D eigenvalue weighted by atomic mass is 10.2. The zero-order chi connectivity index (χ0) is 15.7. The topological polar surface area (TPSA) is 93.1 Å². The Hall–Kier alpha value is -2.41. The lowest BCUT2D eigenvalue weighted by molar-refractivity contribution is -0.120. The van der Waals surface area contributed by atoms with E-state index >= 15 is 0 Å². The first-order valence-electron chi connectivity index (χ1n) is 6.78. The number of urea groups is 1. The predicted octanol–water partition coefficient (Wildman–Crippen LogP) is 1.04. The van der Waals surface area contributed by atoms with E-state index in [1.807, 2.05) is 0 Å². The molecule has 0 atom stereocenters. The second-order valence-corrected chi connectivity index (χ2v) is 5.57. The average molecular weight is 321 g/mol. The Morgan fingerprint density at radius 2 is 2.14 bits per heavy atom. The molecule has 0 spiro atoms. The van der Waals surface area contributed by atoms with Gasteiger partial charge >= 0.3 is 6.03 Å². The molecule has 8 heteroatoms. The number of imide groups is 1. The highest BCUT2D eigenvalue weighted by Crippen LogP contribution is 2.18. The molecule has 0 unspecified atom stereocenters. The Morgan fingerprint density at radius 3 is 2.86 bits per heavy atom. The maximum Gasteiger partial charge on any atom is 0.321 e. The molecule has 114 valence electrons. The van der Waals surface area contributed by atoms with E-state index in [-0.39, 0.29) is 18.1 Å². The van der Waals surface area contributed by atoms with Crippen molar-refractivity contribution in [2.24, 2.45) is 0 Å². The van der Waals surface area contributed by atoms with Gasteiger partial charge in [-0.25, -0.2) is 9.78 Å². The van der Waals surface area contributed by atoms with Gasteiger partial charge in [-0.3, -0.25) is 19.5 Å². The SMILES string of the molecule is O=C(Cn1cnc2ccc(Cl)cc2c1=O)NC(=O)NC1CC1. The maximum absolute atomic E-state index is 12.3. The van der Waals surface area contributed by atoms with E-state index in [1.165, 1.54) is 12.4 Å². The Labute approximate surface area is 130 Å². The second kappa shape index (κ2) is 5.76. The van der Waals surface area contributed by atoms with Gasteiger partial charge in [0.15, 0.2) is 0 Å². The van der Waals surface area contributed by atoms with E-state index in [0.29, 0.717) is 15.9 Å². The normalized spacial score (nSPS) is 13.9. The van der Waals surface area contributed by atoms with Crippen LogP contribution in [0, 0.1) is 0 Å². The number of aromatic nitrogens is 2. The van der Waals surface area contributed by atoms with E-state index in [9.17, 15) is 14.4 Å². The van der Waals surface area contributed by atoms with Gasteiger partial charge in [0.05, 0.1) is 17.2 Å². The predicted molar refractivity (Wildman–Crippen MR) is 80.7 cm³/mol. The summed E-state index contributed by atoms with van der Waals surface area (Å²) in [6.45, 7) is -0.285. The largest absolute Gasteiger partial charge is 0.335 e. The van der Waals surface area contributed by atoms with Crippen molar-refractivity contribution in [3.8, 4) is 0 Å². The van der Waals surface area contributed by atoms with E-state index in [4.69, 9.17) is 11.6 Å². The number of carbonyl (C=O) groups excluding carboxylic acids is 2. The van der Waals surface area contributed by atoms with Gasteiger partial charge < -0.3 is 5.32 Å². The Balaban J connectivity index is 1.75. The van der Waals surface area contributed by atoms with Gasteiger partial charge in [0, 0.05) is 11.1 Å². The van der Waals surface area contributed by atoms with Crippen molar-refractivity contribution in [2.75, 3.05) is 0 Å². The van der Waals surface area contributed by atoms with Crippen LogP contribution in [0.2, 0.25) is 5.02 Å². The van der Waals surface area contributed by atoms with E-state index in [0.717, 1.165) is 17.4 Å². The summed E-state index contributed by atoms with van der Waals surface area (Å²) in [5.74, 6) is -0.580. The highest BCUT2D eigenvalue weighted by Gasteiger charge is 2.24. The number of benzene rings is 1. The summed E-state index contributed by atoms with van der Waals surface area (Å²) in [7, 11) is 0. The van der Waals surface area contributed by atoms with Crippen LogP contribution in [0.25, 0.3) is 10.9 Å². The summed E-state index contributed by atoms with van der Waals surface area (Å²) in [5.41, 5.74) is 0.114. The van der Waals surface area contributed by atoms with Crippen LogP contribution < -0.4 is 16.2 Å². The number of nitrogens with zero attached hydrogens (tertiary/aromatic N) is 2. The summed E-state index contributed by atoms with van der Waals surface area (Å²) in [6.07, 6.45) is 3.13. The van der Waals surface area contributed by atoms with Crippen molar-refractivity contribution >= 4 is 34.4 Å². The molecule has 1 fully saturated rings. The van der Waals surface area contributed by atoms with Crippen molar-refractivity contribution < 1.29 is 9.59 Å². The third-order valence-corrected chi connectivity index (χ3v) is 3.50. The highest BCUT2D eigenvalue weighted by atomic mass is 35.5. The first kappa shape index (κ1) is 14.5. The molecule has 1 aromatic heterocycles. The minimum Gasteiger partial charge on any atom is -0.335 e. The standard InChI is InChI=1S/C14H13ClN4O3/c15-8-1-4-11-10(5-8)13(21)19(7-16-11)6-12(20)18-14(22)17-9-2-3-9/h1,4-5,7,9H,2-3,6H2,(H2,17,18,20,22). The molecule has 0 aliphatic heterocycles. The third kappa shape index (κ3) is 3.25. The molecule has 0 saturated heterocycles. The van der Waals surface area contributed by atoms with Crippen LogP contribution in [0.3, 0.4) is 0 Å². The van der Waals surface area contributed by atoms with Crippen LogP contribution in [0.1, 0.15) is 12.8 Å². The second-order valence-electron chi connectivity index (χ2n) is 5.14. The van der Waals surface area contributed by atoms with Crippen molar-refractivity contribution in [3.05, 3.63) is 39.9 Å². The summed E-state index contributed by atoms with van der Waals surface area (Å²) in [4.78, 5) is 39.6. The van der Waals surface area contributed by atoms with Crippen LogP contribution >= 0.6 is 11.6 Å². The van der Waals surface area contributed by atoms with Gasteiger partial charge in [-0.2, -0.15) is 0 Å². The van der Waals surface area contributed by atoms with Crippen molar-refractivity contribution in [2.45, 2.75) is 25.4 Å². The fourth-order valence-corrected chi connectivity index (χ4v) is 2.19. The summed E-state index contributed by atoms with van der Waals surface area (Å²) in [5, 5.41) is 5.55. The number of carbonyl (C=O) groups is 2. The van der Waals surface area contributed by atoms with Crippen LogP contribution in [0.15, 0.2) is 29.3 Å². The number of halogens is 1. The van der Waals surface area contributed by atoms with Gasteiger partial charge in [0.1, 0.15) is 6.54 Å². The minimum absolute atomic E-state index is 0.153. The van der Waals surface area contributed by atoms with Crippen LogP contribution in [0.4, 0.5) is 4.79 Å². The fourth-order valence-electron chi connectivity index (χ4n) is 2.01. The number of nitrogens with one attached hydrogen (secondary N) is 2. The lowest BCUT2D eigenvalue weighted by Crippen LogP contribution is -2.42. The molecule has 22 heavy (non-hydrogen) atoms. The van der Waals surface area contributed by atoms with Gasteiger partial charge in [-0.1, -0.05) is 11.6 Å². The molecule has 3 rings (SSSR count). The fraction of sp³-hybridized carbons (Fsp3) is 0.286. The molecule has 1 heterocycles. The monoisotopic (exact) mass is 320 g/mol. The molecule has 1 aromatic carbocycles. The van der Waals surface area contributed by atoms with Crippen molar-refractivity contribution in [1.82, 2.24) is 20.2 Å². The molecule has 0 bridgehead atoms. The first-order valence-corrected chi connectivity index (χ1v) is 7.16. The number of rotatable bonds is 3. The van der Waals surface area contributed by atoms with Crippen molar-refractivity contribution in [3.63, 3.8) is 0 Å². The van der Waals surface area contributed by atoms with Crippen LogP contribution in [-0.2, 0) is 11.3 Å². The third-order valence-electron chi connectivity index (χ3n) is 3.27. The van der Waals surface area contributed by atoms with E-state index in [1.54, 1.807) is 12.1 Å².